The third kappa shape index (κ3) is 3.15. The van der Waals surface area contributed by atoms with Crippen LogP contribution >= 0.6 is 0 Å². The van der Waals surface area contributed by atoms with Crippen LogP contribution in [0.5, 0.6) is 0 Å². The van der Waals surface area contributed by atoms with Crippen molar-refractivity contribution in [2.45, 2.75) is 26.2 Å². The van der Waals surface area contributed by atoms with E-state index in [0.29, 0.717) is 12.2 Å². The average molecular weight is 247 g/mol. The van der Waals surface area contributed by atoms with Crippen molar-refractivity contribution in [2.24, 2.45) is 0 Å². The van der Waals surface area contributed by atoms with E-state index in [1.165, 1.54) is 6.42 Å². The van der Waals surface area contributed by atoms with E-state index in [0.717, 1.165) is 37.2 Å². The summed E-state index contributed by atoms with van der Waals surface area (Å²) in [6.45, 7) is 4.16. The van der Waals surface area contributed by atoms with Gasteiger partial charge in [0.05, 0.1) is 6.54 Å². The molecule has 1 amide bonds. The van der Waals surface area contributed by atoms with Gasteiger partial charge >= 0.3 is 0 Å². The van der Waals surface area contributed by atoms with Gasteiger partial charge in [-0.3, -0.25) is 4.79 Å². The smallest absolute Gasteiger partial charge is 0.241 e. The van der Waals surface area contributed by atoms with E-state index >= 15 is 0 Å². The molecular weight excluding hydrogens is 226 g/mol. The Morgan fingerprint density at radius 3 is 2.78 bits per heavy atom. The third-order valence-corrected chi connectivity index (χ3v) is 3.40. The summed E-state index contributed by atoms with van der Waals surface area (Å²) in [5.41, 5.74) is 8.51. The zero-order chi connectivity index (χ0) is 13.0. The number of rotatable bonds is 3. The van der Waals surface area contributed by atoms with Crippen LogP contribution in [0.15, 0.2) is 18.2 Å². The van der Waals surface area contributed by atoms with Crippen molar-refractivity contribution < 1.29 is 4.79 Å². The third-order valence-electron chi connectivity index (χ3n) is 3.40. The first-order chi connectivity index (χ1) is 8.66. The van der Waals surface area contributed by atoms with Crippen molar-refractivity contribution in [3.05, 3.63) is 23.8 Å². The SMILES string of the molecule is Cc1ccc(N)cc1NCC(=O)N1CCCCC1. The average Bonchev–Trinajstić information content (AvgIpc) is 2.40. The van der Waals surface area contributed by atoms with Crippen LogP contribution in [0, 0.1) is 6.92 Å². The number of amides is 1. The van der Waals surface area contributed by atoms with Gasteiger partial charge in [0.1, 0.15) is 0 Å². The Morgan fingerprint density at radius 1 is 1.33 bits per heavy atom. The molecule has 18 heavy (non-hydrogen) atoms. The molecule has 98 valence electrons. The number of piperidine rings is 1. The van der Waals surface area contributed by atoms with Crippen molar-refractivity contribution in [1.29, 1.82) is 0 Å². The topological polar surface area (TPSA) is 58.4 Å². The first-order valence-electron chi connectivity index (χ1n) is 6.54. The molecule has 1 aliphatic rings. The number of nitrogen functional groups attached to an aromatic ring is 1. The van der Waals surface area contributed by atoms with E-state index in [1.54, 1.807) is 0 Å². The van der Waals surface area contributed by atoms with Gasteiger partial charge in [0.25, 0.3) is 0 Å². The normalized spacial score (nSPS) is 15.5. The molecule has 0 radical (unpaired) electrons. The Kier molecular flexibility index (Phi) is 4.07. The number of hydrogen-bond acceptors (Lipinski definition) is 3. The van der Waals surface area contributed by atoms with E-state index in [9.17, 15) is 4.79 Å². The highest BCUT2D eigenvalue weighted by Crippen LogP contribution is 2.18. The fourth-order valence-corrected chi connectivity index (χ4v) is 2.26. The zero-order valence-corrected chi connectivity index (χ0v) is 10.9. The number of aryl methyl sites for hydroxylation is 1. The summed E-state index contributed by atoms with van der Waals surface area (Å²) < 4.78 is 0. The van der Waals surface area contributed by atoms with E-state index in [2.05, 4.69) is 5.32 Å². The van der Waals surface area contributed by atoms with Crippen LogP contribution in [-0.4, -0.2) is 30.4 Å². The molecule has 4 heteroatoms. The molecule has 1 heterocycles. The number of nitrogens with zero attached hydrogens (tertiary/aromatic N) is 1. The predicted molar refractivity (Wildman–Crippen MR) is 74.5 cm³/mol. The van der Waals surface area contributed by atoms with Gasteiger partial charge in [0.15, 0.2) is 0 Å². The molecule has 1 aliphatic heterocycles. The van der Waals surface area contributed by atoms with Crippen molar-refractivity contribution in [3.8, 4) is 0 Å². The van der Waals surface area contributed by atoms with Crippen molar-refractivity contribution in [3.63, 3.8) is 0 Å². The second-order valence-electron chi connectivity index (χ2n) is 4.87. The second kappa shape index (κ2) is 5.76. The monoisotopic (exact) mass is 247 g/mol. The summed E-state index contributed by atoms with van der Waals surface area (Å²) in [5, 5.41) is 3.18. The second-order valence-corrected chi connectivity index (χ2v) is 4.87. The number of nitrogens with one attached hydrogen (secondary N) is 1. The van der Waals surface area contributed by atoms with E-state index in [4.69, 9.17) is 5.73 Å². The summed E-state index contributed by atoms with van der Waals surface area (Å²) in [7, 11) is 0. The molecule has 0 bridgehead atoms. The Hall–Kier alpha value is -1.71. The van der Waals surface area contributed by atoms with E-state index < -0.39 is 0 Å². The number of nitrogens with two attached hydrogens (primary N) is 1. The highest BCUT2D eigenvalue weighted by molar-refractivity contribution is 5.81. The summed E-state index contributed by atoms with van der Waals surface area (Å²) >= 11 is 0. The lowest BCUT2D eigenvalue weighted by molar-refractivity contribution is -0.130. The standard InChI is InChI=1S/C14H21N3O/c1-11-5-6-12(15)9-13(11)16-10-14(18)17-7-3-2-4-8-17/h5-6,9,16H,2-4,7-8,10,15H2,1H3. The predicted octanol–water partition coefficient (Wildman–Crippen LogP) is 2.00. The van der Waals surface area contributed by atoms with E-state index in [-0.39, 0.29) is 5.91 Å². The number of carbonyl (C=O) groups excluding carboxylic acids is 1. The van der Waals surface area contributed by atoms with E-state index in [1.807, 2.05) is 30.0 Å². The molecule has 1 aromatic rings. The van der Waals surface area contributed by atoms with Crippen LogP contribution in [0.25, 0.3) is 0 Å². The van der Waals surface area contributed by atoms with Crippen LogP contribution in [0.1, 0.15) is 24.8 Å². The first-order valence-corrected chi connectivity index (χ1v) is 6.54. The minimum Gasteiger partial charge on any atom is -0.399 e. The Bertz CT molecular complexity index is 425. The van der Waals surface area contributed by atoms with Gasteiger partial charge < -0.3 is 16.0 Å². The van der Waals surface area contributed by atoms with Crippen LogP contribution in [-0.2, 0) is 4.79 Å². The maximum atomic E-state index is 12.0. The Morgan fingerprint density at radius 2 is 2.06 bits per heavy atom. The minimum absolute atomic E-state index is 0.177. The highest BCUT2D eigenvalue weighted by atomic mass is 16.2. The lowest BCUT2D eigenvalue weighted by Gasteiger charge is -2.27. The molecule has 0 atom stereocenters. The molecule has 0 saturated carbocycles. The molecule has 1 fully saturated rings. The van der Waals surface area contributed by atoms with Gasteiger partial charge in [0.2, 0.25) is 5.91 Å². The van der Waals surface area contributed by atoms with Crippen LogP contribution < -0.4 is 11.1 Å². The van der Waals surface area contributed by atoms with Crippen molar-refractivity contribution in [2.75, 3.05) is 30.7 Å². The molecule has 4 nitrogen and oxygen atoms in total. The lowest BCUT2D eigenvalue weighted by Crippen LogP contribution is -2.39. The van der Waals surface area contributed by atoms with Crippen molar-refractivity contribution in [1.82, 2.24) is 4.90 Å². The summed E-state index contributed by atoms with van der Waals surface area (Å²) in [5.74, 6) is 0.177. The van der Waals surface area contributed by atoms with Gasteiger partial charge in [0, 0.05) is 24.5 Å². The zero-order valence-electron chi connectivity index (χ0n) is 10.9. The van der Waals surface area contributed by atoms with Gasteiger partial charge in [-0.2, -0.15) is 0 Å². The van der Waals surface area contributed by atoms with Crippen LogP contribution in [0.3, 0.4) is 0 Å². The summed E-state index contributed by atoms with van der Waals surface area (Å²) in [6, 6.07) is 5.70. The lowest BCUT2D eigenvalue weighted by atomic mass is 10.1. The highest BCUT2D eigenvalue weighted by Gasteiger charge is 2.15. The largest absolute Gasteiger partial charge is 0.399 e. The van der Waals surface area contributed by atoms with Crippen LogP contribution in [0.2, 0.25) is 0 Å². The summed E-state index contributed by atoms with van der Waals surface area (Å²) in [6.07, 6.45) is 3.50. The minimum atomic E-state index is 0.177. The first kappa shape index (κ1) is 12.7. The summed E-state index contributed by atoms with van der Waals surface area (Å²) in [4.78, 5) is 13.9. The molecular formula is C14H21N3O. The molecule has 0 aromatic heterocycles. The number of carbonyl (C=O) groups is 1. The number of anilines is 2. The number of likely N-dealkylation sites (tertiary alicyclic amines) is 1. The molecule has 0 aliphatic carbocycles. The molecule has 0 unspecified atom stereocenters. The number of benzene rings is 1. The molecule has 1 aromatic carbocycles. The molecule has 3 N–H and O–H groups in total. The van der Waals surface area contributed by atoms with Crippen LogP contribution in [0.4, 0.5) is 11.4 Å². The van der Waals surface area contributed by atoms with Gasteiger partial charge in [-0.25, -0.2) is 0 Å². The van der Waals surface area contributed by atoms with Gasteiger partial charge in [-0.05, 0) is 43.9 Å². The maximum absolute atomic E-state index is 12.0. The molecule has 2 rings (SSSR count). The number of hydrogen-bond donors (Lipinski definition) is 2. The van der Waals surface area contributed by atoms with Gasteiger partial charge in [-0.15, -0.1) is 0 Å². The van der Waals surface area contributed by atoms with Gasteiger partial charge in [-0.1, -0.05) is 6.07 Å². The molecule has 0 spiro atoms. The molecule has 1 saturated heterocycles. The Balaban J connectivity index is 1.90. The quantitative estimate of drug-likeness (QED) is 0.803. The fourth-order valence-electron chi connectivity index (χ4n) is 2.26. The van der Waals surface area contributed by atoms with Crippen molar-refractivity contribution >= 4 is 17.3 Å². The Labute approximate surface area is 108 Å². The maximum Gasteiger partial charge on any atom is 0.241 e. The fraction of sp³-hybridized carbons (Fsp3) is 0.500.